The second-order valence-corrected chi connectivity index (χ2v) is 6.17. The Morgan fingerprint density at radius 3 is 2.78 bits per heavy atom. The summed E-state index contributed by atoms with van der Waals surface area (Å²) in [5, 5.41) is 10.8. The van der Waals surface area contributed by atoms with Crippen LogP contribution in [0.1, 0.15) is 27.6 Å². The summed E-state index contributed by atoms with van der Waals surface area (Å²) in [4.78, 5) is 25.3. The molecule has 27 heavy (non-hydrogen) atoms. The fourth-order valence-corrected chi connectivity index (χ4v) is 2.85. The Kier molecular flexibility index (Phi) is 4.29. The number of hydrogen-bond acceptors (Lipinski definition) is 6. The van der Waals surface area contributed by atoms with Crippen molar-refractivity contribution in [3.63, 3.8) is 0 Å². The molecule has 0 spiro atoms. The Morgan fingerprint density at radius 1 is 1.15 bits per heavy atom. The lowest BCUT2D eigenvalue weighted by Crippen LogP contribution is -2.25. The fourth-order valence-electron chi connectivity index (χ4n) is 2.85. The number of amides is 1. The first-order valence-corrected chi connectivity index (χ1v) is 8.45. The van der Waals surface area contributed by atoms with Gasteiger partial charge in [-0.1, -0.05) is 6.07 Å². The van der Waals surface area contributed by atoms with Crippen LogP contribution in [0.3, 0.4) is 0 Å². The summed E-state index contributed by atoms with van der Waals surface area (Å²) in [6.45, 7) is 4.11. The van der Waals surface area contributed by atoms with E-state index in [2.05, 4.69) is 30.5 Å². The molecule has 4 heterocycles. The van der Waals surface area contributed by atoms with Gasteiger partial charge >= 0.3 is 0 Å². The van der Waals surface area contributed by atoms with Crippen LogP contribution in [0.15, 0.2) is 48.9 Å². The molecule has 1 N–H and O–H groups in total. The quantitative estimate of drug-likeness (QED) is 0.599. The fraction of sp³-hybridized carbons (Fsp3) is 0.158. The smallest absolute Gasteiger partial charge is 0.289 e. The van der Waals surface area contributed by atoms with E-state index in [-0.39, 0.29) is 11.7 Å². The van der Waals surface area contributed by atoms with Gasteiger partial charge in [0.05, 0.1) is 5.69 Å². The van der Waals surface area contributed by atoms with Crippen molar-refractivity contribution in [3.05, 3.63) is 71.7 Å². The average Bonchev–Trinajstić information content (AvgIpc) is 3.11. The van der Waals surface area contributed by atoms with E-state index >= 15 is 0 Å². The largest absolute Gasteiger partial charge is 0.345 e. The van der Waals surface area contributed by atoms with Crippen LogP contribution in [0.25, 0.3) is 17.0 Å². The number of fused-ring (bicyclic) bond motifs is 1. The van der Waals surface area contributed by atoms with Crippen molar-refractivity contribution in [1.82, 2.24) is 34.9 Å². The minimum absolute atomic E-state index is 0.218. The van der Waals surface area contributed by atoms with E-state index in [9.17, 15) is 4.79 Å². The summed E-state index contributed by atoms with van der Waals surface area (Å²) >= 11 is 0. The summed E-state index contributed by atoms with van der Waals surface area (Å²) in [6.07, 6.45) is 5.22. The van der Waals surface area contributed by atoms with Crippen molar-refractivity contribution >= 4 is 11.7 Å². The van der Waals surface area contributed by atoms with Crippen LogP contribution in [-0.2, 0) is 6.54 Å². The van der Waals surface area contributed by atoms with Gasteiger partial charge in [-0.2, -0.15) is 0 Å². The van der Waals surface area contributed by atoms with Gasteiger partial charge in [-0.25, -0.2) is 4.98 Å². The number of carbonyl (C=O) groups excluding carboxylic acids is 1. The van der Waals surface area contributed by atoms with E-state index in [1.165, 1.54) is 0 Å². The molecule has 134 valence electrons. The van der Waals surface area contributed by atoms with Gasteiger partial charge in [0.15, 0.2) is 0 Å². The lowest BCUT2D eigenvalue weighted by atomic mass is 10.1. The van der Waals surface area contributed by atoms with E-state index in [4.69, 9.17) is 0 Å². The molecule has 8 heteroatoms. The molecule has 0 aliphatic heterocycles. The standard InChI is InChI=1S/C19H17N7O/c1-12-8-13(2)26-17(24-25-19(26)23-12)18(27)22-10-14-5-6-16(21-9-14)15-4-3-7-20-11-15/h3-9,11H,10H2,1-2H3,(H,22,27). The van der Waals surface area contributed by atoms with Gasteiger partial charge in [-0.3, -0.25) is 19.2 Å². The van der Waals surface area contributed by atoms with Crippen LogP contribution in [0, 0.1) is 13.8 Å². The normalized spacial score (nSPS) is 10.9. The van der Waals surface area contributed by atoms with Crippen molar-refractivity contribution in [1.29, 1.82) is 0 Å². The van der Waals surface area contributed by atoms with Crippen molar-refractivity contribution in [3.8, 4) is 11.3 Å². The van der Waals surface area contributed by atoms with E-state index in [0.29, 0.717) is 12.3 Å². The molecule has 0 saturated heterocycles. The maximum atomic E-state index is 12.5. The second-order valence-electron chi connectivity index (χ2n) is 6.17. The number of pyridine rings is 2. The zero-order valence-electron chi connectivity index (χ0n) is 14.9. The minimum atomic E-state index is -0.312. The Hall–Kier alpha value is -3.68. The molecule has 4 aromatic rings. The van der Waals surface area contributed by atoms with Crippen LogP contribution < -0.4 is 5.32 Å². The summed E-state index contributed by atoms with van der Waals surface area (Å²) in [5.41, 5.74) is 4.35. The predicted octanol–water partition coefficient (Wildman–Crippen LogP) is 2.13. The Morgan fingerprint density at radius 2 is 2.04 bits per heavy atom. The molecule has 4 aromatic heterocycles. The summed E-state index contributed by atoms with van der Waals surface area (Å²) in [7, 11) is 0. The van der Waals surface area contributed by atoms with Gasteiger partial charge in [0.25, 0.3) is 11.7 Å². The van der Waals surface area contributed by atoms with E-state index < -0.39 is 0 Å². The van der Waals surface area contributed by atoms with Crippen molar-refractivity contribution < 1.29 is 4.79 Å². The molecule has 4 rings (SSSR count). The van der Waals surface area contributed by atoms with Gasteiger partial charge in [0.1, 0.15) is 0 Å². The maximum Gasteiger partial charge on any atom is 0.289 e. The minimum Gasteiger partial charge on any atom is -0.345 e. The summed E-state index contributed by atoms with van der Waals surface area (Å²) in [6, 6.07) is 9.53. The molecule has 0 aromatic carbocycles. The van der Waals surface area contributed by atoms with E-state index in [0.717, 1.165) is 28.2 Å². The Bertz CT molecular complexity index is 1100. The zero-order valence-corrected chi connectivity index (χ0v) is 14.9. The highest BCUT2D eigenvalue weighted by Gasteiger charge is 2.16. The van der Waals surface area contributed by atoms with Crippen LogP contribution in [-0.4, -0.2) is 35.5 Å². The summed E-state index contributed by atoms with van der Waals surface area (Å²) in [5.74, 6) is 0.322. The molecule has 8 nitrogen and oxygen atoms in total. The molecule has 0 fully saturated rings. The molecule has 1 amide bonds. The topological polar surface area (TPSA) is 98.0 Å². The predicted molar refractivity (Wildman–Crippen MR) is 98.9 cm³/mol. The van der Waals surface area contributed by atoms with Crippen LogP contribution in [0.2, 0.25) is 0 Å². The van der Waals surface area contributed by atoms with Gasteiger partial charge in [0.2, 0.25) is 5.82 Å². The lowest BCUT2D eigenvalue weighted by molar-refractivity contribution is 0.0939. The molecule has 0 radical (unpaired) electrons. The number of aromatic nitrogens is 6. The van der Waals surface area contributed by atoms with E-state index in [1.807, 2.05) is 44.2 Å². The molecular weight excluding hydrogens is 342 g/mol. The van der Waals surface area contributed by atoms with Gasteiger partial charge < -0.3 is 5.32 Å². The summed E-state index contributed by atoms with van der Waals surface area (Å²) < 4.78 is 1.64. The third-order valence-electron chi connectivity index (χ3n) is 4.13. The molecule has 0 atom stereocenters. The molecule has 0 bridgehead atoms. The number of aryl methyl sites for hydroxylation is 2. The van der Waals surface area contributed by atoms with Crippen molar-refractivity contribution in [2.45, 2.75) is 20.4 Å². The van der Waals surface area contributed by atoms with Crippen LogP contribution in [0.4, 0.5) is 0 Å². The van der Waals surface area contributed by atoms with Crippen LogP contribution >= 0.6 is 0 Å². The maximum absolute atomic E-state index is 12.5. The molecular formula is C19H17N7O. The monoisotopic (exact) mass is 359 g/mol. The third kappa shape index (κ3) is 3.37. The Labute approximate surface area is 155 Å². The number of rotatable bonds is 4. The highest BCUT2D eigenvalue weighted by Crippen LogP contribution is 2.15. The molecule has 0 saturated carbocycles. The first-order chi connectivity index (χ1) is 13.1. The third-order valence-corrected chi connectivity index (χ3v) is 4.13. The number of nitrogens with zero attached hydrogens (tertiary/aromatic N) is 6. The van der Waals surface area contributed by atoms with Gasteiger partial charge in [-0.15, -0.1) is 10.2 Å². The second kappa shape index (κ2) is 6.91. The number of hydrogen-bond donors (Lipinski definition) is 1. The number of nitrogens with one attached hydrogen (secondary N) is 1. The molecule has 0 aliphatic rings. The first kappa shape index (κ1) is 16.8. The lowest BCUT2D eigenvalue weighted by Gasteiger charge is -2.07. The SMILES string of the molecule is Cc1cc(C)n2c(C(=O)NCc3ccc(-c4cccnc4)nc3)nnc2n1. The van der Waals surface area contributed by atoms with Crippen molar-refractivity contribution in [2.75, 3.05) is 0 Å². The molecule has 0 aliphatic carbocycles. The average molecular weight is 359 g/mol. The Balaban J connectivity index is 1.48. The first-order valence-electron chi connectivity index (χ1n) is 8.45. The van der Waals surface area contributed by atoms with E-state index in [1.54, 1.807) is 23.0 Å². The zero-order chi connectivity index (χ0) is 18.8. The molecule has 0 unspecified atom stereocenters. The van der Waals surface area contributed by atoms with Gasteiger partial charge in [0, 0.05) is 42.1 Å². The number of carbonyl (C=O) groups is 1. The van der Waals surface area contributed by atoms with Crippen LogP contribution in [0.5, 0.6) is 0 Å². The highest BCUT2D eigenvalue weighted by molar-refractivity contribution is 5.91. The highest BCUT2D eigenvalue weighted by atomic mass is 16.2. The van der Waals surface area contributed by atoms with Crippen molar-refractivity contribution in [2.24, 2.45) is 0 Å². The van der Waals surface area contributed by atoms with Gasteiger partial charge in [-0.05, 0) is 43.7 Å².